The third-order valence-corrected chi connectivity index (χ3v) is 4.73. The Morgan fingerprint density at radius 2 is 2.00 bits per heavy atom. The van der Waals surface area contributed by atoms with Gasteiger partial charge in [0.1, 0.15) is 5.82 Å². The van der Waals surface area contributed by atoms with E-state index in [0.717, 1.165) is 18.4 Å². The summed E-state index contributed by atoms with van der Waals surface area (Å²) in [5.41, 5.74) is 0.769. The van der Waals surface area contributed by atoms with Crippen molar-refractivity contribution in [3.05, 3.63) is 35.6 Å². The first-order chi connectivity index (χ1) is 11.0. The number of carbonyl (C=O) groups is 1. The maximum absolute atomic E-state index is 13.2. The molecule has 1 aliphatic heterocycles. The summed E-state index contributed by atoms with van der Waals surface area (Å²) in [6, 6.07) is 6.01. The van der Waals surface area contributed by atoms with Gasteiger partial charge in [-0.2, -0.15) is 0 Å². The Kier molecular flexibility index (Phi) is 5.96. The average molecular weight is 324 g/mol. The van der Waals surface area contributed by atoms with Crippen LogP contribution < -0.4 is 5.32 Å². The highest BCUT2D eigenvalue weighted by atomic mass is 19.1. The quantitative estimate of drug-likeness (QED) is 0.869. The molecule has 0 radical (unpaired) electrons. The molecule has 128 valence electrons. The van der Waals surface area contributed by atoms with E-state index in [1.807, 2.05) is 0 Å². The highest BCUT2D eigenvalue weighted by molar-refractivity contribution is 5.74. The van der Waals surface area contributed by atoms with Crippen LogP contribution in [0.1, 0.15) is 25.3 Å². The average Bonchev–Trinajstić information content (AvgIpc) is 2.59. The van der Waals surface area contributed by atoms with E-state index in [-0.39, 0.29) is 29.9 Å². The number of hydrogen-bond donors (Lipinski definition) is 2. The lowest BCUT2D eigenvalue weighted by Crippen LogP contribution is -2.50. The van der Waals surface area contributed by atoms with Crippen LogP contribution in [0.25, 0.3) is 0 Å². The van der Waals surface area contributed by atoms with Crippen LogP contribution in [0, 0.1) is 5.82 Å². The van der Waals surface area contributed by atoms with Crippen LogP contribution in [0.4, 0.5) is 9.18 Å². The van der Waals surface area contributed by atoms with Crippen LogP contribution in [-0.2, 0) is 10.2 Å². The lowest BCUT2D eigenvalue weighted by Gasteiger charge is -2.38. The number of carbonyl (C=O) groups excluding carboxylic acids is 1. The molecule has 0 saturated carbocycles. The molecule has 1 atom stereocenters. The molecule has 0 spiro atoms. The molecule has 23 heavy (non-hydrogen) atoms. The summed E-state index contributed by atoms with van der Waals surface area (Å²) in [7, 11) is 1.66. The maximum Gasteiger partial charge on any atom is 0.317 e. The standard InChI is InChI=1S/C17H25FN2O3/c1-13(11-21)20(2)16(22)19-12-17(7-9-23-10-8-17)14-3-5-15(18)6-4-14/h3-6,13,21H,7-12H2,1-2H3,(H,19,22). The van der Waals surface area contributed by atoms with Crippen LogP contribution in [0.15, 0.2) is 24.3 Å². The normalized spacial score (nSPS) is 18.3. The van der Waals surface area contributed by atoms with Crippen molar-refractivity contribution in [2.24, 2.45) is 0 Å². The molecule has 0 aliphatic carbocycles. The van der Waals surface area contributed by atoms with E-state index in [4.69, 9.17) is 9.84 Å². The predicted molar refractivity (Wildman–Crippen MR) is 85.8 cm³/mol. The minimum atomic E-state index is -0.267. The summed E-state index contributed by atoms with van der Waals surface area (Å²) in [6.07, 6.45) is 1.55. The number of benzene rings is 1. The van der Waals surface area contributed by atoms with Crippen LogP contribution in [-0.4, -0.2) is 55.5 Å². The van der Waals surface area contributed by atoms with Gasteiger partial charge in [-0.05, 0) is 37.5 Å². The third kappa shape index (κ3) is 4.20. The molecule has 1 aliphatic rings. The molecule has 6 heteroatoms. The molecule has 5 nitrogen and oxygen atoms in total. The molecular formula is C17H25FN2O3. The third-order valence-electron chi connectivity index (χ3n) is 4.73. The van der Waals surface area contributed by atoms with Crippen molar-refractivity contribution < 1.29 is 19.0 Å². The van der Waals surface area contributed by atoms with Gasteiger partial charge in [0.2, 0.25) is 0 Å². The molecule has 1 heterocycles. The van der Waals surface area contributed by atoms with Crippen molar-refractivity contribution in [1.29, 1.82) is 0 Å². The molecule has 1 unspecified atom stereocenters. The van der Waals surface area contributed by atoms with Gasteiger partial charge in [-0.3, -0.25) is 0 Å². The molecule has 1 fully saturated rings. The number of likely N-dealkylation sites (N-methyl/N-ethyl adjacent to an activating group) is 1. The Hall–Kier alpha value is -1.66. The first kappa shape index (κ1) is 17.7. The first-order valence-electron chi connectivity index (χ1n) is 7.94. The monoisotopic (exact) mass is 324 g/mol. The topological polar surface area (TPSA) is 61.8 Å². The van der Waals surface area contributed by atoms with E-state index in [9.17, 15) is 9.18 Å². The number of aliphatic hydroxyl groups excluding tert-OH is 1. The minimum absolute atomic E-state index is 0.0825. The number of hydrogen-bond acceptors (Lipinski definition) is 3. The van der Waals surface area contributed by atoms with Gasteiger partial charge in [0, 0.05) is 32.2 Å². The van der Waals surface area contributed by atoms with E-state index in [1.54, 1.807) is 26.1 Å². The maximum atomic E-state index is 13.2. The molecular weight excluding hydrogens is 299 g/mol. The van der Waals surface area contributed by atoms with Gasteiger partial charge < -0.3 is 20.1 Å². The fourth-order valence-corrected chi connectivity index (χ4v) is 2.83. The van der Waals surface area contributed by atoms with Crippen LogP contribution in [0.5, 0.6) is 0 Å². The SMILES string of the molecule is CC(CO)N(C)C(=O)NCC1(c2ccc(F)cc2)CCOCC1. The lowest BCUT2D eigenvalue weighted by molar-refractivity contribution is 0.0499. The summed E-state index contributed by atoms with van der Waals surface area (Å²) < 4.78 is 18.7. The van der Waals surface area contributed by atoms with E-state index in [0.29, 0.717) is 19.8 Å². The minimum Gasteiger partial charge on any atom is -0.394 e. The van der Waals surface area contributed by atoms with Crippen LogP contribution in [0.2, 0.25) is 0 Å². The summed E-state index contributed by atoms with van der Waals surface area (Å²) in [6.45, 7) is 3.40. The largest absolute Gasteiger partial charge is 0.394 e. The van der Waals surface area contributed by atoms with Gasteiger partial charge in [-0.15, -0.1) is 0 Å². The van der Waals surface area contributed by atoms with Gasteiger partial charge in [0.15, 0.2) is 0 Å². The van der Waals surface area contributed by atoms with Gasteiger partial charge >= 0.3 is 6.03 Å². The van der Waals surface area contributed by atoms with Crippen molar-refractivity contribution in [2.45, 2.75) is 31.2 Å². The van der Waals surface area contributed by atoms with Gasteiger partial charge in [0.05, 0.1) is 12.6 Å². The van der Waals surface area contributed by atoms with E-state index >= 15 is 0 Å². The van der Waals surface area contributed by atoms with E-state index in [2.05, 4.69) is 5.32 Å². The molecule has 1 aromatic carbocycles. The molecule has 1 aromatic rings. The van der Waals surface area contributed by atoms with Crippen molar-refractivity contribution in [2.75, 3.05) is 33.4 Å². The smallest absolute Gasteiger partial charge is 0.317 e. The zero-order valence-electron chi connectivity index (χ0n) is 13.7. The second kappa shape index (κ2) is 7.75. The van der Waals surface area contributed by atoms with Gasteiger partial charge in [-0.1, -0.05) is 12.1 Å². The Balaban J connectivity index is 2.10. The zero-order chi connectivity index (χ0) is 16.9. The van der Waals surface area contributed by atoms with Crippen molar-refractivity contribution in [3.63, 3.8) is 0 Å². The number of ether oxygens (including phenoxy) is 1. The summed E-state index contributed by atoms with van der Waals surface area (Å²) in [5.74, 6) is -0.267. The van der Waals surface area contributed by atoms with Crippen LogP contribution in [0.3, 0.4) is 0 Å². The fraction of sp³-hybridized carbons (Fsp3) is 0.588. The number of aliphatic hydroxyl groups is 1. The van der Waals surface area contributed by atoms with E-state index in [1.165, 1.54) is 17.0 Å². The first-order valence-corrected chi connectivity index (χ1v) is 7.94. The summed E-state index contributed by atoms with van der Waals surface area (Å²) >= 11 is 0. The highest BCUT2D eigenvalue weighted by Gasteiger charge is 2.35. The van der Waals surface area contributed by atoms with Gasteiger partial charge in [-0.25, -0.2) is 9.18 Å². The van der Waals surface area contributed by atoms with Crippen molar-refractivity contribution in [1.82, 2.24) is 10.2 Å². The van der Waals surface area contributed by atoms with Crippen molar-refractivity contribution in [3.8, 4) is 0 Å². The highest BCUT2D eigenvalue weighted by Crippen LogP contribution is 2.34. The predicted octanol–water partition coefficient (Wildman–Crippen LogP) is 1.90. The molecule has 0 bridgehead atoms. The van der Waals surface area contributed by atoms with Crippen molar-refractivity contribution >= 4 is 6.03 Å². The molecule has 1 saturated heterocycles. The number of nitrogens with one attached hydrogen (secondary N) is 1. The Bertz CT molecular complexity index is 515. The number of rotatable bonds is 5. The number of urea groups is 1. The number of amides is 2. The molecule has 2 N–H and O–H groups in total. The van der Waals surface area contributed by atoms with Crippen LogP contribution >= 0.6 is 0 Å². The summed E-state index contributed by atoms with van der Waals surface area (Å²) in [4.78, 5) is 13.7. The zero-order valence-corrected chi connectivity index (χ0v) is 13.7. The second-order valence-electron chi connectivity index (χ2n) is 6.20. The lowest BCUT2D eigenvalue weighted by atomic mass is 9.74. The fourth-order valence-electron chi connectivity index (χ4n) is 2.83. The number of nitrogens with zero attached hydrogens (tertiary/aromatic N) is 1. The second-order valence-corrected chi connectivity index (χ2v) is 6.20. The van der Waals surface area contributed by atoms with E-state index < -0.39 is 0 Å². The molecule has 2 amide bonds. The summed E-state index contributed by atoms with van der Waals surface area (Å²) in [5, 5.41) is 12.1. The Morgan fingerprint density at radius 3 is 2.57 bits per heavy atom. The van der Waals surface area contributed by atoms with Gasteiger partial charge in [0.25, 0.3) is 0 Å². The Morgan fingerprint density at radius 1 is 1.39 bits per heavy atom. The number of halogens is 1. The molecule has 2 rings (SSSR count). The molecule has 0 aromatic heterocycles. The Labute approximate surface area is 136 Å².